The molecule has 1 aliphatic heterocycles. The minimum absolute atomic E-state index is 0.00188. The van der Waals surface area contributed by atoms with E-state index < -0.39 is 0 Å². The summed E-state index contributed by atoms with van der Waals surface area (Å²) >= 11 is 1.64. The predicted octanol–water partition coefficient (Wildman–Crippen LogP) is 5.56. The third-order valence-corrected chi connectivity index (χ3v) is 6.06. The average molecular weight is 417 g/mol. The molecule has 1 aliphatic rings. The van der Waals surface area contributed by atoms with Gasteiger partial charge in [-0.1, -0.05) is 23.8 Å². The van der Waals surface area contributed by atoms with Gasteiger partial charge in [0, 0.05) is 33.9 Å². The fourth-order valence-corrected chi connectivity index (χ4v) is 4.16. The quantitative estimate of drug-likeness (QED) is 0.566. The second-order valence-electron chi connectivity index (χ2n) is 7.46. The van der Waals surface area contributed by atoms with Gasteiger partial charge in [-0.25, -0.2) is 0 Å². The summed E-state index contributed by atoms with van der Waals surface area (Å²) in [4.78, 5) is 28.7. The molecule has 4 rings (SSSR count). The van der Waals surface area contributed by atoms with Gasteiger partial charge in [-0.15, -0.1) is 11.8 Å². The minimum Gasteiger partial charge on any atom is -0.322 e. The highest BCUT2D eigenvalue weighted by Crippen LogP contribution is 2.30. The Morgan fingerprint density at radius 3 is 2.50 bits per heavy atom. The summed E-state index contributed by atoms with van der Waals surface area (Å²) in [6.45, 7) is 2.70. The van der Waals surface area contributed by atoms with Crippen molar-refractivity contribution < 1.29 is 9.59 Å². The largest absolute Gasteiger partial charge is 0.322 e. The zero-order chi connectivity index (χ0) is 21.1. The highest BCUT2D eigenvalue weighted by Gasteiger charge is 2.24. The zero-order valence-corrected chi connectivity index (χ0v) is 18.0. The van der Waals surface area contributed by atoms with Gasteiger partial charge in [0.1, 0.15) is 0 Å². The van der Waals surface area contributed by atoms with E-state index in [4.69, 9.17) is 0 Å². The summed E-state index contributed by atoms with van der Waals surface area (Å²) in [7, 11) is 0. The van der Waals surface area contributed by atoms with Crippen LogP contribution in [0.2, 0.25) is 0 Å². The molecule has 0 spiro atoms. The smallest absolute Gasteiger partial charge is 0.258 e. The number of nitrogens with zero attached hydrogens (tertiary/aromatic N) is 1. The molecule has 3 aromatic rings. The predicted molar refractivity (Wildman–Crippen MR) is 124 cm³/mol. The SMILES string of the molecule is CSc1cccc(NC(=O)c2ccc3c(c2)CCCN3C(=O)c2ccc(C)cc2)c1. The Labute approximate surface area is 181 Å². The Morgan fingerprint density at radius 1 is 0.967 bits per heavy atom. The van der Waals surface area contributed by atoms with Gasteiger partial charge in [-0.2, -0.15) is 0 Å². The number of benzene rings is 3. The lowest BCUT2D eigenvalue weighted by Crippen LogP contribution is -2.35. The van der Waals surface area contributed by atoms with Crippen LogP contribution in [0.1, 0.15) is 38.3 Å². The molecule has 4 nitrogen and oxygen atoms in total. The maximum atomic E-state index is 13.0. The average Bonchev–Trinajstić information content (AvgIpc) is 2.78. The van der Waals surface area contributed by atoms with Crippen LogP contribution in [-0.2, 0) is 6.42 Å². The van der Waals surface area contributed by atoms with E-state index in [1.165, 1.54) is 0 Å². The van der Waals surface area contributed by atoms with E-state index in [1.54, 1.807) is 17.8 Å². The summed E-state index contributed by atoms with van der Waals surface area (Å²) in [5, 5.41) is 2.97. The molecule has 0 atom stereocenters. The lowest BCUT2D eigenvalue weighted by molar-refractivity contribution is 0.0984. The second-order valence-corrected chi connectivity index (χ2v) is 8.34. The third-order valence-electron chi connectivity index (χ3n) is 5.33. The Morgan fingerprint density at radius 2 is 1.73 bits per heavy atom. The van der Waals surface area contributed by atoms with Crippen LogP contribution in [0, 0.1) is 6.92 Å². The lowest BCUT2D eigenvalue weighted by Gasteiger charge is -2.30. The maximum absolute atomic E-state index is 13.0. The topological polar surface area (TPSA) is 49.4 Å². The number of fused-ring (bicyclic) bond motifs is 1. The summed E-state index contributed by atoms with van der Waals surface area (Å²) in [6.07, 6.45) is 3.75. The van der Waals surface area contributed by atoms with Crippen LogP contribution in [0.15, 0.2) is 71.6 Å². The molecule has 1 heterocycles. The molecule has 5 heteroatoms. The first kappa shape index (κ1) is 20.2. The third kappa shape index (κ3) is 4.26. The Bertz CT molecular complexity index is 1090. The van der Waals surface area contributed by atoms with Gasteiger partial charge in [-0.3, -0.25) is 9.59 Å². The molecular weight excluding hydrogens is 392 g/mol. The van der Waals surface area contributed by atoms with E-state index >= 15 is 0 Å². The molecule has 0 fully saturated rings. The number of amides is 2. The van der Waals surface area contributed by atoms with Crippen molar-refractivity contribution in [3.05, 3.63) is 89.0 Å². The number of hydrogen-bond acceptors (Lipinski definition) is 3. The zero-order valence-electron chi connectivity index (χ0n) is 17.1. The van der Waals surface area contributed by atoms with Gasteiger partial charge >= 0.3 is 0 Å². The number of anilines is 2. The van der Waals surface area contributed by atoms with Crippen molar-refractivity contribution in [2.45, 2.75) is 24.7 Å². The number of aryl methyl sites for hydroxylation is 2. The van der Waals surface area contributed by atoms with E-state index in [9.17, 15) is 9.59 Å². The summed E-state index contributed by atoms with van der Waals surface area (Å²) in [6, 6.07) is 21.1. The van der Waals surface area contributed by atoms with Crippen molar-refractivity contribution in [1.82, 2.24) is 0 Å². The molecule has 30 heavy (non-hydrogen) atoms. The van der Waals surface area contributed by atoms with Gasteiger partial charge in [0.25, 0.3) is 11.8 Å². The summed E-state index contributed by atoms with van der Waals surface area (Å²) < 4.78 is 0. The van der Waals surface area contributed by atoms with Crippen molar-refractivity contribution in [3.8, 4) is 0 Å². The van der Waals surface area contributed by atoms with E-state index in [2.05, 4.69) is 5.32 Å². The Hall–Kier alpha value is -3.05. The molecule has 0 radical (unpaired) electrons. The number of thioether (sulfide) groups is 1. The normalized spacial score (nSPS) is 12.9. The van der Waals surface area contributed by atoms with Crippen LogP contribution in [0.4, 0.5) is 11.4 Å². The van der Waals surface area contributed by atoms with Gasteiger partial charge < -0.3 is 10.2 Å². The fraction of sp³-hybridized carbons (Fsp3) is 0.200. The monoisotopic (exact) mass is 416 g/mol. The molecule has 0 saturated heterocycles. The van der Waals surface area contributed by atoms with Crippen molar-refractivity contribution in [2.75, 3.05) is 23.0 Å². The standard InChI is InChI=1S/C25H24N2O2S/c1-17-8-10-18(11-9-17)25(29)27-14-4-5-19-15-20(12-13-23(19)27)24(28)26-21-6-3-7-22(16-21)30-2/h3,6-13,15-16H,4-5,14H2,1-2H3,(H,26,28). The highest BCUT2D eigenvalue weighted by molar-refractivity contribution is 7.98. The maximum Gasteiger partial charge on any atom is 0.258 e. The minimum atomic E-state index is -0.141. The van der Waals surface area contributed by atoms with Crippen molar-refractivity contribution in [3.63, 3.8) is 0 Å². The number of hydrogen-bond donors (Lipinski definition) is 1. The number of nitrogens with one attached hydrogen (secondary N) is 1. The molecule has 0 aliphatic carbocycles. The fourth-order valence-electron chi connectivity index (χ4n) is 3.71. The van der Waals surface area contributed by atoms with Crippen LogP contribution >= 0.6 is 11.8 Å². The van der Waals surface area contributed by atoms with E-state index in [0.29, 0.717) is 17.7 Å². The molecular formula is C25H24N2O2S. The first-order valence-electron chi connectivity index (χ1n) is 10.0. The first-order valence-corrected chi connectivity index (χ1v) is 11.2. The number of carbonyl (C=O) groups is 2. The van der Waals surface area contributed by atoms with Gasteiger partial charge in [-0.05, 0) is 80.1 Å². The lowest BCUT2D eigenvalue weighted by atomic mass is 9.98. The molecule has 0 aromatic heterocycles. The van der Waals surface area contributed by atoms with Crippen LogP contribution in [-0.4, -0.2) is 24.6 Å². The first-order chi connectivity index (χ1) is 14.5. The molecule has 3 aromatic carbocycles. The van der Waals surface area contributed by atoms with Crippen molar-refractivity contribution in [2.24, 2.45) is 0 Å². The Kier molecular flexibility index (Phi) is 5.91. The van der Waals surface area contributed by atoms with Crippen LogP contribution < -0.4 is 10.2 Å². The molecule has 0 unspecified atom stereocenters. The number of rotatable bonds is 4. The molecule has 152 valence electrons. The van der Waals surface area contributed by atoms with E-state index in [0.717, 1.165) is 40.2 Å². The van der Waals surface area contributed by atoms with Crippen LogP contribution in [0.5, 0.6) is 0 Å². The molecule has 1 N–H and O–H groups in total. The Balaban J connectivity index is 1.56. The summed E-state index contributed by atoms with van der Waals surface area (Å²) in [5.41, 5.74) is 5.13. The van der Waals surface area contributed by atoms with Crippen LogP contribution in [0.3, 0.4) is 0 Å². The van der Waals surface area contributed by atoms with Crippen molar-refractivity contribution >= 4 is 35.0 Å². The van der Waals surface area contributed by atoms with Crippen LogP contribution in [0.25, 0.3) is 0 Å². The van der Waals surface area contributed by atoms with E-state index in [-0.39, 0.29) is 11.8 Å². The molecule has 2 amide bonds. The van der Waals surface area contributed by atoms with Gasteiger partial charge in [0.05, 0.1) is 0 Å². The number of carbonyl (C=O) groups excluding carboxylic acids is 2. The highest BCUT2D eigenvalue weighted by atomic mass is 32.2. The molecule has 0 saturated carbocycles. The van der Waals surface area contributed by atoms with E-state index in [1.807, 2.05) is 78.7 Å². The second kappa shape index (κ2) is 8.76. The molecule has 0 bridgehead atoms. The van der Waals surface area contributed by atoms with Gasteiger partial charge in [0.15, 0.2) is 0 Å². The van der Waals surface area contributed by atoms with Crippen molar-refractivity contribution in [1.29, 1.82) is 0 Å². The summed E-state index contributed by atoms with van der Waals surface area (Å²) in [5.74, 6) is -0.139. The van der Waals surface area contributed by atoms with Gasteiger partial charge in [0.2, 0.25) is 0 Å².